The summed E-state index contributed by atoms with van der Waals surface area (Å²) in [5, 5.41) is 2.71. The van der Waals surface area contributed by atoms with Crippen LogP contribution in [-0.4, -0.2) is 14.3 Å². The molecule has 0 bridgehead atoms. The molecule has 0 aliphatic rings. The molecule has 36 heavy (non-hydrogen) atoms. The molecule has 9 heteroatoms. The van der Waals surface area contributed by atoms with E-state index in [1.54, 1.807) is 0 Å². The third-order valence-corrected chi connectivity index (χ3v) is 6.71. The number of amides is 1. The first-order valence-electron chi connectivity index (χ1n) is 10.8. The molecule has 0 aliphatic heterocycles. The fraction of sp³-hybridized carbons (Fsp3) is 0.0741. The highest BCUT2D eigenvalue weighted by Gasteiger charge is 2.30. The molecule has 1 amide bonds. The van der Waals surface area contributed by atoms with Crippen molar-refractivity contribution in [3.8, 4) is 11.1 Å². The predicted molar refractivity (Wildman–Crippen MR) is 133 cm³/mol. The normalized spacial score (nSPS) is 11.6. The van der Waals surface area contributed by atoms with Crippen molar-refractivity contribution in [2.45, 2.75) is 17.5 Å². The van der Waals surface area contributed by atoms with E-state index in [0.717, 1.165) is 34.9 Å². The number of sulfonamides is 1. The van der Waals surface area contributed by atoms with Crippen molar-refractivity contribution in [3.63, 3.8) is 0 Å². The number of carbonyl (C=O) groups is 1. The van der Waals surface area contributed by atoms with Gasteiger partial charge < -0.3 is 5.32 Å². The number of rotatable bonds is 7. The Morgan fingerprint density at radius 1 is 0.722 bits per heavy atom. The average Bonchev–Trinajstić information content (AvgIpc) is 2.85. The average molecular weight is 511 g/mol. The van der Waals surface area contributed by atoms with Crippen molar-refractivity contribution in [2.75, 3.05) is 10.0 Å². The van der Waals surface area contributed by atoms with Crippen LogP contribution in [0.5, 0.6) is 0 Å². The van der Waals surface area contributed by atoms with Crippen molar-refractivity contribution in [1.29, 1.82) is 0 Å². The SMILES string of the molecule is O=C(Cc1ccc(-c2ccccc2)cc1)Nc1ccc(S(=O)(=O)Nc2cccc(C(F)(F)F)c2)cc1. The summed E-state index contributed by atoms with van der Waals surface area (Å²) in [4.78, 5) is 12.3. The molecular weight excluding hydrogens is 489 g/mol. The summed E-state index contributed by atoms with van der Waals surface area (Å²) >= 11 is 0. The van der Waals surface area contributed by atoms with E-state index in [9.17, 15) is 26.4 Å². The summed E-state index contributed by atoms with van der Waals surface area (Å²) in [5.74, 6) is -0.278. The first-order chi connectivity index (χ1) is 17.1. The predicted octanol–water partition coefficient (Wildman–Crippen LogP) is 6.35. The van der Waals surface area contributed by atoms with Gasteiger partial charge in [0, 0.05) is 11.4 Å². The molecule has 0 atom stereocenters. The molecule has 0 aliphatic carbocycles. The number of hydrogen-bond acceptors (Lipinski definition) is 3. The maximum absolute atomic E-state index is 12.9. The lowest BCUT2D eigenvalue weighted by Gasteiger charge is -2.12. The van der Waals surface area contributed by atoms with E-state index in [2.05, 4.69) is 10.0 Å². The highest BCUT2D eigenvalue weighted by atomic mass is 32.2. The molecule has 4 rings (SSSR count). The van der Waals surface area contributed by atoms with Gasteiger partial charge in [0.15, 0.2) is 0 Å². The fourth-order valence-corrected chi connectivity index (χ4v) is 4.58. The van der Waals surface area contributed by atoms with Gasteiger partial charge >= 0.3 is 6.18 Å². The van der Waals surface area contributed by atoms with Crippen LogP contribution in [-0.2, 0) is 27.4 Å². The Hall–Kier alpha value is -4.11. The highest BCUT2D eigenvalue weighted by molar-refractivity contribution is 7.92. The summed E-state index contributed by atoms with van der Waals surface area (Å²) in [6.45, 7) is 0. The summed E-state index contributed by atoms with van der Waals surface area (Å²) in [7, 11) is -4.13. The second kappa shape index (κ2) is 10.2. The molecule has 0 spiro atoms. The Morgan fingerprint density at radius 2 is 1.36 bits per heavy atom. The maximum Gasteiger partial charge on any atom is 0.416 e. The number of benzene rings is 4. The zero-order valence-corrected chi connectivity index (χ0v) is 19.6. The van der Waals surface area contributed by atoms with Crippen molar-refractivity contribution in [2.24, 2.45) is 0 Å². The topological polar surface area (TPSA) is 75.3 Å². The largest absolute Gasteiger partial charge is 0.416 e. The Bertz CT molecular complexity index is 1450. The molecule has 0 unspecified atom stereocenters. The number of hydrogen-bond donors (Lipinski definition) is 2. The van der Waals surface area contributed by atoms with Gasteiger partial charge in [0.2, 0.25) is 5.91 Å². The van der Waals surface area contributed by atoms with Crippen LogP contribution in [0.25, 0.3) is 11.1 Å². The molecule has 0 saturated carbocycles. The summed E-state index contributed by atoms with van der Waals surface area (Å²) in [6.07, 6.45) is -4.46. The minimum Gasteiger partial charge on any atom is -0.326 e. The smallest absolute Gasteiger partial charge is 0.326 e. The first-order valence-corrected chi connectivity index (χ1v) is 12.3. The van der Waals surface area contributed by atoms with Crippen molar-refractivity contribution in [3.05, 3.63) is 114 Å². The number of nitrogens with one attached hydrogen (secondary N) is 2. The Balaban J connectivity index is 1.37. The van der Waals surface area contributed by atoms with Crippen LogP contribution in [0.2, 0.25) is 0 Å². The summed E-state index contributed by atoms with van der Waals surface area (Å²) in [5.41, 5.74) is 2.15. The molecule has 0 aromatic heterocycles. The van der Waals surface area contributed by atoms with Gasteiger partial charge in [0.05, 0.1) is 16.9 Å². The summed E-state index contributed by atoms with van der Waals surface area (Å²) in [6, 6.07) is 26.8. The van der Waals surface area contributed by atoms with Crippen molar-refractivity contribution in [1.82, 2.24) is 0 Å². The molecule has 4 aromatic carbocycles. The van der Waals surface area contributed by atoms with E-state index in [-0.39, 0.29) is 22.9 Å². The van der Waals surface area contributed by atoms with Gasteiger partial charge in [-0.25, -0.2) is 8.42 Å². The van der Waals surface area contributed by atoms with Gasteiger partial charge in [-0.2, -0.15) is 13.2 Å². The fourth-order valence-electron chi connectivity index (χ4n) is 3.53. The van der Waals surface area contributed by atoms with Gasteiger partial charge in [-0.15, -0.1) is 0 Å². The Kier molecular flexibility index (Phi) is 7.12. The number of carbonyl (C=O) groups excluding carboxylic acids is 1. The quantitative estimate of drug-likeness (QED) is 0.304. The minimum absolute atomic E-state index is 0.131. The standard InChI is InChI=1S/C27H21F3N2O3S/c28-27(29,30)22-7-4-8-24(18-22)32-36(34,35)25-15-13-23(14-16-25)31-26(33)17-19-9-11-21(12-10-19)20-5-2-1-3-6-20/h1-16,18,32H,17H2,(H,31,33). The molecule has 4 aromatic rings. The van der Waals surface area contributed by atoms with Crippen LogP contribution in [0.1, 0.15) is 11.1 Å². The van der Waals surface area contributed by atoms with E-state index >= 15 is 0 Å². The molecule has 0 heterocycles. The number of alkyl halides is 3. The zero-order chi connectivity index (χ0) is 25.8. The van der Waals surface area contributed by atoms with Crippen LogP contribution in [0.15, 0.2) is 108 Å². The second-order valence-electron chi connectivity index (χ2n) is 8.00. The van der Waals surface area contributed by atoms with E-state index in [1.807, 2.05) is 54.6 Å². The van der Waals surface area contributed by atoms with Gasteiger partial charge in [-0.1, -0.05) is 60.7 Å². The molecule has 2 N–H and O–H groups in total. The first kappa shape index (κ1) is 25.0. The third-order valence-electron chi connectivity index (χ3n) is 5.32. The molecular formula is C27H21F3N2O3S. The lowest BCUT2D eigenvalue weighted by atomic mass is 10.0. The molecule has 0 saturated heterocycles. The molecule has 184 valence electrons. The number of halogens is 3. The van der Waals surface area contributed by atoms with Crippen LogP contribution in [0, 0.1) is 0 Å². The monoisotopic (exact) mass is 510 g/mol. The van der Waals surface area contributed by atoms with Gasteiger partial charge in [0.25, 0.3) is 10.0 Å². The molecule has 5 nitrogen and oxygen atoms in total. The lowest BCUT2D eigenvalue weighted by molar-refractivity contribution is -0.137. The van der Waals surface area contributed by atoms with Crippen LogP contribution in [0.4, 0.5) is 24.5 Å². The van der Waals surface area contributed by atoms with Crippen LogP contribution in [0.3, 0.4) is 0 Å². The van der Waals surface area contributed by atoms with Crippen LogP contribution < -0.4 is 10.0 Å². The van der Waals surface area contributed by atoms with E-state index < -0.39 is 21.8 Å². The van der Waals surface area contributed by atoms with Crippen molar-refractivity contribution < 1.29 is 26.4 Å². The van der Waals surface area contributed by atoms with E-state index in [1.165, 1.54) is 30.3 Å². The van der Waals surface area contributed by atoms with E-state index in [4.69, 9.17) is 0 Å². The second-order valence-corrected chi connectivity index (χ2v) is 9.68. The Labute approximate surface area is 206 Å². The number of anilines is 2. The summed E-state index contributed by atoms with van der Waals surface area (Å²) < 4.78 is 66.0. The van der Waals surface area contributed by atoms with E-state index in [0.29, 0.717) is 5.69 Å². The van der Waals surface area contributed by atoms with Crippen LogP contribution >= 0.6 is 0 Å². The maximum atomic E-state index is 12.9. The zero-order valence-electron chi connectivity index (χ0n) is 18.8. The lowest BCUT2D eigenvalue weighted by Crippen LogP contribution is -2.15. The van der Waals surface area contributed by atoms with Crippen molar-refractivity contribution >= 4 is 27.3 Å². The Morgan fingerprint density at radius 3 is 2.00 bits per heavy atom. The molecule has 0 radical (unpaired) electrons. The highest BCUT2D eigenvalue weighted by Crippen LogP contribution is 2.31. The molecule has 0 fully saturated rings. The van der Waals surface area contributed by atoms with Gasteiger partial charge in [-0.05, 0) is 59.2 Å². The minimum atomic E-state index is -4.59. The third kappa shape index (κ3) is 6.31. The van der Waals surface area contributed by atoms with Gasteiger partial charge in [0.1, 0.15) is 0 Å². The van der Waals surface area contributed by atoms with Gasteiger partial charge in [-0.3, -0.25) is 9.52 Å².